The van der Waals surface area contributed by atoms with E-state index in [1.807, 2.05) is 7.11 Å². The van der Waals surface area contributed by atoms with Crippen LogP contribution in [-0.4, -0.2) is 19.3 Å². The Balaban J connectivity index is 1.90. The summed E-state index contributed by atoms with van der Waals surface area (Å²) in [5.41, 5.74) is 2.80. The SMILES string of the molecule is CCc1ccc(C(C)NC2CCCC(OC)C2)cc1. The molecule has 0 heterocycles. The number of aryl methyl sites for hydroxylation is 1. The third-order valence-electron chi connectivity index (χ3n) is 4.33. The molecule has 1 aliphatic rings. The molecule has 106 valence electrons. The number of hydrogen-bond donors (Lipinski definition) is 1. The molecule has 0 saturated heterocycles. The molecule has 2 heteroatoms. The third-order valence-corrected chi connectivity index (χ3v) is 4.33. The molecule has 3 atom stereocenters. The van der Waals surface area contributed by atoms with E-state index in [0.29, 0.717) is 18.2 Å². The van der Waals surface area contributed by atoms with Gasteiger partial charge in [-0.25, -0.2) is 0 Å². The lowest BCUT2D eigenvalue weighted by atomic mass is 9.91. The summed E-state index contributed by atoms with van der Waals surface area (Å²) in [5, 5.41) is 3.76. The second kappa shape index (κ2) is 7.06. The lowest BCUT2D eigenvalue weighted by molar-refractivity contribution is 0.0572. The molecule has 0 bridgehead atoms. The minimum absolute atomic E-state index is 0.423. The van der Waals surface area contributed by atoms with Crippen molar-refractivity contribution in [2.45, 2.75) is 64.1 Å². The number of nitrogens with one attached hydrogen (secondary N) is 1. The van der Waals surface area contributed by atoms with Gasteiger partial charge in [0.1, 0.15) is 0 Å². The average Bonchev–Trinajstić information content (AvgIpc) is 2.47. The second-order valence-corrected chi connectivity index (χ2v) is 5.70. The smallest absolute Gasteiger partial charge is 0.0586 e. The Hall–Kier alpha value is -0.860. The summed E-state index contributed by atoms with van der Waals surface area (Å²) in [7, 11) is 1.83. The van der Waals surface area contributed by atoms with Gasteiger partial charge in [-0.15, -0.1) is 0 Å². The Morgan fingerprint density at radius 1 is 1.26 bits per heavy atom. The van der Waals surface area contributed by atoms with E-state index < -0.39 is 0 Å². The van der Waals surface area contributed by atoms with Crippen LogP contribution < -0.4 is 5.32 Å². The number of hydrogen-bond acceptors (Lipinski definition) is 2. The van der Waals surface area contributed by atoms with E-state index in [0.717, 1.165) is 12.8 Å². The van der Waals surface area contributed by atoms with Crippen LogP contribution in [0.15, 0.2) is 24.3 Å². The summed E-state index contributed by atoms with van der Waals surface area (Å²) in [6, 6.07) is 10.0. The van der Waals surface area contributed by atoms with E-state index in [2.05, 4.69) is 43.4 Å². The van der Waals surface area contributed by atoms with E-state index in [9.17, 15) is 0 Å². The van der Waals surface area contributed by atoms with Gasteiger partial charge in [0.25, 0.3) is 0 Å². The third kappa shape index (κ3) is 4.05. The normalized spacial score (nSPS) is 25.2. The van der Waals surface area contributed by atoms with Crippen LogP contribution in [0.1, 0.15) is 56.7 Å². The van der Waals surface area contributed by atoms with Gasteiger partial charge in [-0.2, -0.15) is 0 Å². The van der Waals surface area contributed by atoms with E-state index >= 15 is 0 Å². The molecular weight excluding hydrogens is 234 g/mol. The molecule has 1 aromatic carbocycles. The first-order valence-corrected chi connectivity index (χ1v) is 7.60. The van der Waals surface area contributed by atoms with Crippen molar-refractivity contribution in [2.24, 2.45) is 0 Å². The van der Waals surface area contributed by atoms with Crippen molar-refractivity contribution in [3.63, 3.8) is 0 Å². The molecule has 0 amide bonds. The fourth-order valence-corrected chi connectivity index (χ4v) is 3.00. The molecule has 0 aliphatic heterocycles. The van der Waals surface area contributed by atoms with Gasteiger partial charge in [0.15, 0.2) is 0 Å². The molecule has 3 unspecified atom stereocenters. The van der Waals surface area contributed by atoms with Crippen LogP contribution in [0.3, 0.4) is 0 Å². The maximum atomic E-state index is 5.50. The van der Waals surface area contributed by atoms with Crippen LogP contribution in [0.4, 0.5) is 0 Å². The van der Waals surface area contributed by atoms with Gasteiger partial charge >= 0.3 is 0 Å². The maximum absolute atomic E-state index is 5.50. The second-order valence-electron chi connectivity index (χ2n) is 5.70. The Labute approximate surface area is 117 Å². The first kappa shape index (κ1) is 14.5. The zero-order valence-electron chi connectivity index (χ0n) is 12.5. The first-order chi connectivity index (χ1) is 9.22. The van der Waals surface area contributed by atoms with Crippen molar-refractivity contribution in [1.29, 1.82) is 0 Å². The van der Waals surface area contributed by atoms with Crippen LogP contribution >= 0.6 is 0 Å². The molecule has 2 nitrogen and oxygen atoms in total. The highest BCUT2D eigenvalue weighted by molar-refractivity contribution is 5.24. The number of rotatable bonds is 5. The van der Waals surface area contributed by atoms with Crippen LogP contribution in [0.25, 0.3) is 0 Å². The van der Waals surface area contributed by atoms with E-state index in [-0.39, 0.29) is 0 Å². The lowest BCUT2D eigenvalue weighted by Crippen LogP contribution is -2.38. The minimum Gasteiger partial charge on any atom is -0.381 e. The van der Waals surface area contributed by atoms with Crippen molar-refractivity contribution in [2.75, 3.05) is 7.11 Å². The Morgan fingerprint density at radius 2 is 2.00 bits per heavy atom. The van der Waals surface area contributed by atoms with Gasteiger partial charge in [0.05, 0.1) is 6.10 Å². The standard InChI is InChI=1S/C17H27NO/c1-4-14-8-10-15(11-9-14)13(2)18-16-6-5-7-17(12-16)19-3/h8-11,13,16-18H,4-7,12H2,1-3H3. The molecule has 0 radical (unpaired) electrons. The summed E-state index contributed by atoms with van der Waals surface area (Å²) in [5.74, 6) is 0. The van der Waals surface area contributed by atoms with Gasteiger partial charge in [-0.05, 0) is 50.2 Å². The highest BCUT2D eigenvalue weighted by Crippen LogP contribution is 2.23. The summed E-state index contributed by atoms with van der Waals surface area (Å²) >= 11 is 0. The molecule has 2 rings (SSSR count). The van der Waals surface area contributed by atoms with Crippen molar-refractivity contribution < 1.29 is 4.74 Å². The number of methoxy groups -OCH3 is 1. The van der Waals surface area contributed by atoms with Gasteiger partial charge in [-0.1, -0.05) is 31.2 Å². The zero-order valence-corrected chi connectivity index (χ0v) is 12.5. The van der Waals surface area contributed by atoms with Gasteiger partial charge < -0.3 is 10.1 Å². The van der Waals surface area contributed by atoms with Gasteiger partial charge in [0.2, 0.25) is 0 Å². The number of benzene rings is 1. The van der Waals surface area contributed by atoms with Crippen LogP contribution in [-0.2, 0) is 11.2 Å². The molecule has 1 saturated carbocycles. The molecule has 19 heavy (non-hydrogen) atoms. The molecule has 1 N–H and O–H groups in total. The van der Waals surface area contributed by atoms with Crippen molar-refractivity contribution in [3.05, 3.63) is 35.4 Å². The van der Waals surface area contributed by atoms with E-state index in [4.69, 9.17) is 4.74 Å². The summed E-state index contributed by atoms with van der Waals surface area (Å²) < 4.78 is 5.50. The van der Waals surface area contributed by atoms with Gasteiger partial charge in [0, 0.05) is 19.2 Å². The molecular formula is C17H27NO. The lowest BCUT2D eigenvalue weighted by Gasteiger charge is -2.31. The van der Waals surface area contributed by atoms with Crippen LogP contribution in [0.2, 0.25) is 0 Å². The fourth-order valence-electron chi connectivity index (χ4n) is 3.00. The molecule has 1 fully saturated rings. The highest BCUT2D eigenvalue weighted by Gasteiger charge is 2.22. The molecule has 0 spiro atoms. The van der Waals surface area contributed by atoms with Crippen molar-refractivity contribution >= 4 is 0 Å². The number of ether oxygens (including phenoxy) is 1. The van der Waals surface area contributed by atoms with Gasteiger partial charge in [-0.3, -0.25) is 0 Å². The maximum Gasteiger partial charge on any atom is 0.0586 e. The zero-order chi connectivity index (χ0) is 13.7. The predicted molar refractivity (Wildman–Crippen MR) is 80.4 cm³/mol. The summed E-state index contributed by atoms with van der Waals surface area (Å²) in [6.07, 6.45) is 6.47. The van der Waals surface area contributed by atoms with E-state index in [1.165, 1.54) is 30.4 Å². The highest BCUT2D eigenvalue weighted by atomic mass is 16.5. The predicted octanol–water partition coefficient (Wildman–Crippen LogP) is 3.86. The van der Waals surface area contributed by atoms with Crippen LogP contribution in [0.5, 0.6) is 0 Å². The van der Waals surface area contributed by atoms with E-state index in [1.54, 1.807) is 0 Å². The Bertz CT molecular complexity index is 373. The largest absolute Gasteiger partial charge is 0.381 e. The Morgan fingerprint density at radius 3 is 2.63 bits per heavy atom. The minimum atomic E-state index is 0.423. The quantitative estimate of drug-likeness (QED) is 0.869. The van der Waals surface area contributed by atoms with Crippen LogP contribution in [0, 0.1) is 0 Å². The fraction of sp³-hybridized carbons (Fsp3) is 0.647. The molecule has 1 aliphatic carbocycles. The first-order valence-electron chi connectivity index (χ1n) is 7.60. The Kier molecular flexibility index (Phi) is 5.41. The summed E-state index contributed by atoms with van der Waals surface area (Å²) in [6.45, 7) is 4.46. The topological polar surface area (TPSA) is 21.3 Å². The average molecular weight is 261 g/mol. The van der Waals surface area contributed by atoms with Crippen molar-refractivity contribution in [1.82, 2.24) is 5.32 Å². The monoisotopic (exact) mass is 261 g/mol. The van der Waals surface area contributed by atoms with Crippen molar-refractivity contribution in [3.8, 4) is 0 Å². The molecule has 0 aromatic heterocycles. The summed E-state index contributed by atoms with van der Waals surface area (Å²) in [4.78, 5) is 0. The molecule has 1 aromatic rings.